The molecule has 0 spiro atoms. The Hall–Kier alpha value is -3.30. The minimum atomic E-state index is -1.22. The third-order valence-electron chi connectivity index (χ3n) is 3.44. The number of methoxy groups -OCH3 is 2. The Morgan fingerprint density at radius 2 is 1.42 bits per heavy atom. The van der Waals surface area contributed by atoms with Crippen molar-refractivity contribution in [2.75, 3.05) is 14.2 Å². The Kier molecular flexibility index (Phi) is 5.65. The lowest BCUT2D eigenvalue weighted by atomic mass is 9.90. The molecule has 0 saturated carbocycles. The van der Waals surface area contributed by atoms with Crippen LogP contribution >= 0.6 is 0 Å². The van der Waals surface area contributed by atoms with E-state index in [-0.39, 0.29) is 22.5 Å². The fourth-order valence-electron chi connectivity index (χ4n) is 2.47. The maximum Gasteiger partial charge on any atom is 0.359 e. The molecule has 0 saturated heterocycles. The summed E-state index contributed by atoms with van der Waals surface area (Å²) in [5.41, 5.74) is -0.272. The zero-order chi connectivity index (χ0) is 19.4. The molecule has 1 heterocycles. The standard InChI is InChI=1S/C16H16N2O8/c1-7(19)25-10-6-5-9-11(14(10)26-8(2)20)13(16(22)24-4)18-17-12(9)15(21)23-3/h5-6,10,14H,1-4H3/t10-,14-/m1/s1. The second-order valence-electron chi connectivity index (χ2n) is 5.17. The number of aromatic nitrogens is 2. The van der Waals surface area contributed by atoms with Crippen LogP contribution in [0.3, 0.4) is 0 Å². The maximum absolute atomic E-state index is 12.1. The van der Waals surface area contributed by atoms with Crippen LogP contribution in [-0.2, 0) is 28.5 Å². The number of nitrogens with zero attached hydrogens (tertiary/aromatic N) is 2. The zero-order valence-corrected chi connectivity index (χ0v) is 14.5. The van der Waals surface area contributed by atoms with Gasteiger partial charge in [-0.05, 0) is 6.08 Å². The van der Waals surface area contributed by atoms with Gasteiger partial charge in [0.1, 0.15) is 0 Å². The molecule has 10 nitrogen and oxygen atoms in total. The Morgan fingerprint density at radius 1 is 0.885 bits per heavy atom. The molecule has 0 fully saturated rings. The Morgan fingerprint density at radius 3 is 1.96 bits per heavy atom. The average molecular weight is 364 g/mol. The van der Waals surface area contributed by atoms with E-state index in [1.165, 1.54) is 19.1 Å². The van der Waals surface area contributed by atoms with Gasteiger partial charge in [-0.25, -0.2) is 9.59 Å². The summed E-state index contributed by atoms with van der Waals surface area (Å²) in [6.45, 7) is 2.33. The molecule has 138 valence electrons. The molecule has 0 amide bonds. The molecule has 0 aromatic carbocycles. The first-order valence-electron chi connectivity index (χ1n) is 7.40. The van der Waals surface area contributed by atoms with Gasteiger partial charge in [-0.3, -0.25) is 9.59 Å². The monoisotopic (exact) mass is 364 g/mol. The first kappa shape index (κ1) is 19.0. The van der Waals surface area contributed by atoms with Crippen LogP contribution < -0.4 is 0 Å². The van der Waals surface area contributed by atoms with Crippen molar-refractivity contribution in [3.05, 3.63) is 28.6 Å². The number of rotatable bonds is 4. The van der Waals surface area contributed by atoms with Gasteiger partial charge >= 0.3 is 23.9 Å². The predicted molar refractivity (Wildman–Crippen MR) is 83.8 cm³/mol. The van der Waals surface area contributed by atoms with E-state index in [9.17, 15) is 19.2 Å². The van der Waals surface area contributed by atoms with E-state index in [1.807, 2.05) is 0 Å². The lowest BCUT2D eigenvalue weighted by Gasteiger charge is -2.29. The summed E-state index contributed by atoms with van der Waals surface area (Å²) < 4.78 is 19.7. The van der Waals surface area contributed by atoms with Crippen molar-refractivity contribution in [1.29, 1.82) is 0 Å². The van der Waals surface area contributed by atoms with Crippen molar-refractivity contribution < 1.29 is 38.1 Å². The van der Waals surface area contributed by atoms with Gasteiger partial charge in [0.05, 0.1) is 14.2 Å². The molecule has 2 atom stereocenters. The molecule has 0 bridgehead atoms. The minimum absolute atomic E-state index is 0.0381. The predicted octanol–water partition coefficient (Wildman–Crippen LogP) is 0.612. The van der Waals surface area contributed by atoms with Gasteiger partial charge in [-0.2, -0.15) is 0 Å². The molecule has 1 aliphatic carbocycles. The molecule has 1 aromatic heterocycles. The maximum atomic E-state index is 12.1. The van der Waals surface area contributed by atoms with Gasteiger partial charge in [-0.1, -0.05) is 6.08 Å². The van der Waals surface area contributed by atoms with Gasteiger partial charge in [0.15, 0.2) is 23.6 Å². The quantitative estimate of drug-likeness (QED) is 0.553. The molecule has 0 unspecified atom stereocenters. The molecule has 0 aliphatic heterocycles. The van der Waals surface area contributed by atoms with Crippen molar-refractivity contribution >= 4 is 30.0 Å². The van der Waals surface area contributed by atoms with Crippen LogP contribution in [0.1, 0.15) is 52.1 Å². The minimum Gasteiger partial charge on any atom is -0.464 e. The average Bonchev–Trinajstić information content (AvgIpc) is 2.60. The van der Waals surface area contributed by atoms with Gasteiger partial charge in [-0.15, -0.1) is 10.2 Å². The summed E-state index contributed by atoms with van der Waals surface area (Å²) in [6.07, 6.45) is 0.578. The molecular formula is C16H16N2O8. The highest BCUT2D eigenvalue weighted by atomic mass is 16.6. The van der Waals surface area contributed by atoms with Crippen LogP contribution in [0.15, 0.2) is 6.08 Å². The smallest absolute Gasteiger partial charge is 0.359 e. The summed E-state index contributed by atoms with van der Waals surface area (Å²) in [5.74, 6) is -2.99. The molecule has 1 aromatic rings. The van der Waals surface area contributed by atoms with E-state index in [0.29, 0.717) is 0 Å². The second kappa shape index (κ2) is 7.72. The Balaban J connectivity index is 2.72. The molecule has 0 radical (unpaired) electrons. The van der Waals surface area contributed by atoms with Gasteiger partial charge in [0.2, 0.25) is 0 Å². The highest BCUT2D eigenvalue weighted by Crippen LogP contribution is 2.36. The second-order valence-corrected chi connectivity index (χ2v) is 5.17. The van der Waals surface area contributed by atoms with Crippen molar-refractivity contribution in [3.8, 4) is 0 Å². The largest absolute Gasteiger partial charge is 0.464 e. The number of hydrogen-bond donors (Lipinski definition) is 0. The molecule has 1 aliphatic rings. The Labute approximate surface area is 148 Å². The van der Waals surface area contributed by atoms with E-state index in [0.717, 1.165) is 21.1 Å². The van der Waals surface area contributed by atoms with E-state index < -0.39 is 36.1 Å². The van der Waals surface area contributed by atoms with Crippen LogP contribution in [0.2, 0.25) is 0 Å². The molecule has 26 heavy (non-hydrogen) atoms. The third kappa shape index (κ3) is 3.68. The molecule has 10 heteroatoms. The van der Waals surface area contributed by atoms with Crippen molar-refractivity contribution in [1.82, 2.24) is 10.2 Å². The summed E-state index contributed by atoms with van der Waals surface area (Å²) >= 11 is 0. The first-order chi connectivity index (χ1) is 12.3. The molecular weight excluding hydrogens is 348 g/mol. The molecule has 0 N–H and O–H groups in total. The number of fused-ring (bicyclic) bond motifs is 1. The summed E-state index contributed by atoms with van der Waals surface area (Å²) in [6, 6.07) is 0. The van der Waals surface area contributed by atoms with Crippen LogP contribution in [0.4, 0.5) is 0 Å². The lowest BCUT2D eigenvalue weighted by molar-refractivity contribution is -0.162. The normalized spacial score (nSPS) is 17.7. The fraction of sp³-hybridized carbons (Fsp3) is 0.375. The van der Waals surface area contributed by atoms with Crippen LogP contribution in [0.25, 0.3) is 6.08 Å². The number of carbonyl (C=O) groups excluding carboxylic acids is 4. The van der Waals surface area contributed by atoms with Crippen LogP contribution in [0.5, 0.6) is 0 Å². The zero-order valence-electron chi connectivity index (χ0n) is 14.5. The number of carbonyl (C=O) groups is 4. The van der Waals surface area contributed by atoms with Crippen molar-refractivity contribution in [2.45, 2.75) is 26.1 Å². The fourth-order valence-corrected chi connectivity index (χ4v) is 2.47. The Bertz CT molecular complexity index is 802. The number of esters is 4. The third-order valence-corrected chi connectivity index (χ3v) is 3.44. The van der Waals surface area contributed by atoms with E-state index >= 15 is 0 Å². The SMILES string of the molecule is COC(=O)c1nnc(C(=O)OC)c2c1C=C[C@@H](OC(C)=O)[C@H]2OC(C)=O. The lowest BCUT2D eigenvalue weighted by Crippen LogP contribution is -2.32. The highest BCUT2D eigenvalue weighted by Gasteiger charge is 2.39. The summed E-state index contributed by atoms with van der Waals surface area (Å²) in [4.78, 5) is 46.9. The van der Waals surface area contributed by atoms with Crippen molar-refractivity contribution in [2.24, 2.45) is 0 Å². The number of hydrogen-bond acceptors (Lipinski definition) is 10. The highest BCUT2D eigenvalue weighted by molar-refractivity contribution is 5.96. The van der Waals surface area contributed by atoms with Gasteiger partial charge in [0, 0.05) is 25.0 Å². The van der Waals surface area contributed by atoms with Crippen LogP contribution in [0, 0.1) is 0 Å². The van der Waals surface area contributed by atoms with Crippen LogP contribution in [-0.4, -0.2) is 54.4 Å². The summed E-state index contributed by atoms with van der Waals surface area (Å²) in [5, 5.41) is 7.42. The van der Waals surface area contributed by atoms with E-state index in [1.54, 1.807) is 0 Å². The van der Waals surface area contributed by atoms with E-state index in [4.69, 9.17) is 9.47 Å². The van der Waals surface area contributed by atoms with Gasteiger partial charge < -0.3 is 18.9 Å². The van der Waals surface area contributed by atoms with Crippen molar-refractivity contribution in [3.63, 3.8) is 0 Å². The van der Waals surface area contributed by atoms with Gasteiger partial charge in [0.25, 0.3) is 0 Å². The topological polar surface area (TPSA) is 131 Å². The number of ether oxygens (including phenoxy) is 4. The summed E-state index contributed by atoms with van der Waals surface area (Å²) in [7, 11) is 2.29. The first-order valence-corrected chi connectivity index (χ1v) is 7.40. The van der Waals surface area contributed by atoms with E-state index in [2.05, 4.69) is 19.7 Å². The molecule has 2 rings (SSSR count).